The average molecular weight is 950 g/mol. The van der Waals surface area contributed by atoms with Crippen LogP contribution in [0.3, 0.4) is 0 Å². The van der Waals surface area contributed by atoms with Crippen LogP contribution in [-0.2, 0) is 52.7 Å². The Balaban J connectivity index is 3.44. The molecule has 13 N–H and O–H groups in total. The van der Waals surface area contributed by atoms with Gasteiger partial charge in [0.25, 0.3) is 0 Å². The Kier molecular flexibility index (Phi) is 25.1. The summed E-state index contributed by atoms with van der Waals surface area (Å²) in [4.78, 5) is 142. The maximum atomic E-state index is 14.1. The highest BCUT2D eigenvalue weighted by atomic mass is 16.4. The molecule has 1 saturated carbocycles. The van der Waals surface area contributed by atoms with Crippen molar-refractivity contribution in [1.82, 2.24) is 37.2 Å². The molecule has 0 spiro atoms. The zero-order chi connectivity index (χ0) is 51.3. The van der Waals surface area contributed by atoms with Gasteiger partial charge in [-0.1, -0.05) is 48.0 Å². The molecule has 0 radical (unpaired) electrons. The molecule has 22 nitrogen and oxygen atoms in total. The van der Waals surface area contributed by atoms with Crippen LogP contribution in [0.5, 0.6) is 0 Å². The molecule has 1 rings (SSSR count). The molecule has 1 aliphatic rings. The number of aliphatic carboxylic acids is 1. The van der Waals surface area contributed by atoms with E-state index in [1.807, 2.05) is 27.7 Å². The minimum Gasteiger partial charge on any atom is -0.481 e. The highest BCUT2D eigenvalue weighted by molar-refractivity contribution is 6.22. The lowest BCUT2D eigenvalue weighted by Crippen LogP contribution is -2.60. The van der Waals surface area contributed by atoms with Gasteiger partial charge >= 0.3 is 5.97 Å². The van der Waals surface area contributed by atoms with E-state index in [0.717, 1.165) is 0 Å². The SMILES string of the molecule is CCC(C)[C@H](NC(=O)[C@H](C)NC(=O)[C@H](CCC(=O)O)NC(=O)C(CCCCNC(CC(C)C)=C1C(=O)CC(C)(C)CC1=O)NC(=O)[C@H](CCC(N)=O)NC(=O)[C@H](C)N)C(=O)N[C@@H](CO)C(C)=O. The third kappa shape index (κ3) is 21.2. The predicted octanol–water partition coefficient (Wildman–Crippen LogP) is -0.962. The summed E-state index contributed by atoms with van der Waals surface area (Å²) in [6.45, 7) is 14.4. The Bertz CT molecular complexity index is 1830. The number of nitrogens with one attached hydrogen (secondary N) is 7. The van der Waals surface area contributed by atoms with Crippen LogP contribution in [0.15, 0.2) is 11.3 Å². The molecule has 67 heavy (non-hydrogen) atoms. The third-order valence-electron chi connectivity index (χ3n) is 11.2. The van der Waals surface area contributed by atoms with E-state index in [0.29, 0.717) is 25.0 Å². The zero-order valence-electron chi connectivity index (χ0n) is 40.4. The van der Waals surface area contributed by atoms with Crippen molar-refractivity contribution < 1.29 is 63.0 Å². The van der Waals surface area contributed by atoms with Crippen LogP contribution in [0, 0.1) is 17.3 Å². The number of rotatable bonds is 30. The van der Waals surface area contributed by atoms with Crippen LogP contribution < -0.4 is 48.7 Å². The van der Waals surface area contributed by atoms with Gasteiger partial charge < -0.3 is 58.9 Å². The summed E-state index contributed by atoms with van der Waals surface area (Å²) in [5.74, 6) is -8.67. The minimum atomic E-state index is -1.58. The fourth-order valence-corrected chi connectivity index (χ4v) is 7.09. The minimum absolute atomic E-state index is 0.0862. The van der Waals surface area contributed by atoms with Gasteiger partial charge in [0.15, 0.2) is 17.3 Å². The van der Waals surface area contributed by atoms with Crippen molar-refractivity contribution in [3.63, 3.8) is 0 Å². The van der Waals surface area contributed by atoms with Gasteiger partial charge in [-0.2, -0.15) is 0 Å². The van der Waals surface area contributed by atoms with Crippen LogP contribution in [0.2, 0.25) is 0 Å². The van der Waals surface area contributed by atoms with Crippen LogP contribution in [0.1, 0.15) is 133 Å². The molecule has 22 heteroatoms. The van der Waals surface area contributed by atoms with Gasteiger partial charge in [-0.3, -0.25) is 52.7 Å². The summed E-state index contributed by atoms with van der Waals surface area (Å²) >= 11 is 0. The highest BCUT2D eigenvalue weighted by Crippen LogP contribution is 2.35. The first-order chi connectivity index (χ1) is 31.1. The lowest BCUT2D eigenvalue weighted by Gasteiger charge is -2.30. The fraction of sp³-hybridized carbons (Fsp3) is 0.711. The second kappa shape index (κ2) is 28.4. The van der Waals surface area contributed by atoms with Gasteiger partial charge in [0.2, 0.25) is 41.4 Å². The molecule has 0 aromatic rings. The summed E-state index contributed by atoms with van der Waals surface area (Å²) in [5.41, 5.74) is 11.2. The normalized spacial score (nSPS) is 17.0. The van der Waals surface area contributed by atoms with Crippen molar-refractivity contribution in [1.29, 1.82) is 0 Å². The third-order valence-corrected chi connectivity index (χ3v) is 11.2. The van der Waals surface area contributed by atoms with Crippen LogP contribution in [0.4, 0.5) is 0 Å². The molecule has 7 amide bonds. The van der Waals surface area contributed by atoms with E-state index in [-0.39, 0.29) is 68.1 Å². The number of unbranched alkanes of at least 4 members (excludes halogenated alkanes) is 1. The molecule has 0 heterocycles. The van der Waals surface area contributed by atoms with E-state index in [4.69, 9.17) is 11.5 Å². The lowest BCUT2D eigenvalue weighted by atomic mass is 9.73. The standard InChI is InChI=1S/C45H75N9O13/c1-10-24(4)38(44(67)53-32(22-55)27(7)56)54-40(63)26(6)49-41(64)30(15-17-36(60)61)52-42(65)28(51-43(66)29(14-16-35(47)59)50-39(62)25(5)46)13-11-12-18-48-31(19-23(2)3)37-33(57)20-45(8,9)21-34(37)58/h23-26,28-30,32,38,48,55H,10-22,46H2,1-9H3,(H2,47,59)(H,49,64)(H,50,62)(H,51,66)(H,52,65)(H,53,67)(H,54,63)(H,60,61)/t24?,25-,26-,28?,29-,30-,32-,38-/m0/s1. The first-order valence-electron chi connectivity index (χ1n) is 22.9. The fourth-order valence-electron chi connectivity index (χ4n) is 7.09. The van der Waals surface area contributed by atoms with Gasteiger partial charge in [0, 0.05) is 37.9 Å². The lowest BCUT2D eigenvalue weighted by molar-refractivity contribution is -0.139. The number of primary amides is 1. The van der Waals surface area contributed by atoms with E-state index in [1.54, 1.807) is 13.8 Å². The molecule has 0 bridgehead atoms. The van der Waals surface area contributed by atoms with Crippen molar-refractivity contribution in [2.45, 2.75) is 175 Å². The smallest absolute Gasteiger partial charge is 0.303 e. The number of aliphatic hydroxyl groups excluding tert-OH is 1. The van der Waals surface area contributed by atoms with Crippen LogP contribution in [0.25, 0.3) is 0 Å². The summed E-state index contributed by atoms with van der Waals surface area (Å²) in [7, 11) is 0. The van der Waals surface area contributed by atoms with E-state index in [2.05, 4.69) is 37.2 Å². The topological polar surface area (TPSA) is 364 Å². The molecule has 0 aromatic heterocycles. The number of Topliss-reactive ketones (excluding diaryl/α,β-unsaturated/α-hetero) is 3. The number of carboxylic acid groups (broad SMARTS) is 1. The van der Waals surface area contributed by atoms with Gasteiger partial charge in [-0.25, -0.2) is 0 Å². The van der Waals surface area contributed by atoms with E-state index >= 15 is 0 Å². The summed E-state index contributed by atoms with van der Waals surface area (Å²) in [6, 6.07) is -9.23. The number of amides is 7. The van der Waals surface area contributed by atoms with Gasteiger partial charge in [0.1, 0.15) is 36.3 Å². The first-order valence-corrected chi connectivity index (χ1v) is 22.9. The number of hydrogen-bond acceptors (Lipinski definition) is 14. The molecule has 0 aromatic carbocycles. The quantitative estimate of drug-likeness (QED) is 0.0235. The van der Waals surface area contributed by atoms with Crippen molar-refractivity contribution >= 4 is 64.7 Å². The van der Waals surface area contributed by atoms with Crippen LogP contribution >= 0.6 is 0 Å². The monoisotopic (exact) mass is 950 g/mol. The van der Waals surface area contributed by atoms with E-state index in [9.17, 15) is 63.0 Å². The Morgan fingerprint density at radius 2 is 1.16 bits per heavy atom. The molecule has 1 fully saturated rings. The molecule has 8 atom stereocenters. The number of aliphatic hydroxyl groups is 1. The number of carboxylic acids is 1. The first kappa shape index (κ1) is 59.2. The number of hydrogen-bond donors (Lipinski definition) is 11. The van der Waals surface area contributed by atoms with Gasteiger partial charge in [-0.15, -0.1) is 0 Å². The summed E-state index contributed by atoms with van der Waals surface area (Å²) < 4.78 is 0. The molecule has 378 valence electrons. The maximum Gasteiger partial charge on any atom is 0.303 e. The molecule has 0 aliphatic heterocycles. The van der Waals surface area contributed by atoms with E-state index < -0.39 is 126 Å². The zero-order valence-corrected chi connectivity index (χ0v) is 40.4. The Labute approximate surface area is 392 Å². The Morgan fingerprint density at radius 1 is 0.672 bits per heavy atom. The Morgan fingerprint density at radius 3 is 1.63 bits per heavy atom. The number of nitrogens with two attached hydrogens (primary N) is 2. The highest BCUT2D eigenvalue weighted by Gasteiger charge is 2.38. The molecular weight excluding hydrogens is 875 g/mol. The predicted molar refractivity (Wildman–Crippen MR) is 245 cm³/mol. The molecule has 1 aliphatic carbocycles. The summed E-state index contributed by atoms with van der Waals surface area (Å²) in [5, 5.41) is 37.1. The van der Waals surface area contributed by atoms with Crippen molar-refractivity contribution in [3.05, 3.63) is 11.3 Å². The van der Waals surface area contributed by atoms with Crippen LogP contribution in [-0.4, -0.2) is 130 Å². The number of carbonyl (C=O) groups is 11. The van der Waals surface area contributed by atoms with Gasteiger partial charge in [-0.05, 0) is 76.5 Å². The number of carbonyl (C=O) groups excluding carboxylic acids is 10. The van der Waals surface area contributed by atoms with Crippen molar-refractivity contribution in [2.75, 3.05) is 13.2 Å². The molecular formula is C45H75N9O13. The molecule has 2 unspecified atom stereocenters. The Hall–Kier alpha value is -5.77. The van der Waals surface area contributed by atoms with Gasteiger partial charge in [0.05, 0.1) is 18.2 Å². The largest absolute Gasteiger partial charge is 0.481 e. The second-order valence-electron chi connectivity index (χ2n) is 18.6. The number of allylic oxidation sites excluding steroid dienone is 2. The van der Waals surface area contributed by atoms with E-state index in [1.165, 1.54) is 20.8 Å². The second-order valence-corrected chi connectivity index (χ2v) is 18.6. The number of ketones is 3. The van der Waals surface area contributed by atoms with Crippen molar-refractivity contribution in [3.8, 4) is 0 Å². The maximum absolute atomic E-state index is 14.1. The summed E-state index contributed by atoms with van der Waals surface area (Å²) in [6.07, 6.45) is 0.0605. The molecule has 0 saturated heterocycles. The average Bonchev–Trinajstić information content (AvgIpc) is 3.21. The van der Waals surface area contributed by atoms with Crippen molar-refractivity contribution in [2.24, 2.45) is 28.7 Å².